The SMILES string of the molecule is CCN1C(=NC(CO)Cc2ccccc2)Nc2ncn(Cc3ccccc3)c2C1O. The molecule has 2 atom stereocenters. The zero-order chi connectivity index (χ0) is 20.9. The summed E-state index contributed by atoms with van der Waals surface area (Å²) < 4.78 is 1.95. The number of aliphatic hydroxyl groups excluding tert-OH is 2. The van der Waals surface area contributed by atoms with E-state index < -0.39 is 6.23 Å². The first-order chi connectivity index (χ1) is 14.7. The largest absolute Gasteiger partial charge is 0.394 e. The minimum atomic E-state index is -0.868. The van der Waals surface area contributed by atoms with Crippen LogP contribution in [0.1, 0.15) is 30.0 Å². The number of anilines is 1. The van der Waals surface area contributed by atoms with Gasteiger partial charge >= 0.3 is 0 Å². The van der Waals surface area contributed by atoms with Gasteiger partial charge in [-0.15, -0.1) is 0 Å². The molecule has 4 rings (SSSR count). The van der Waals surface area contributed by atoms with Gasteiger partial charge in [0.05, 0.1) is 19.0 Å². The van der Waals surface area contributed by atoms with Gasteiger partial charge in [0.1, 0.15) is 5.69 Å². The summed E-state index contributed by atoms with van der Waals surface area (Å²) in [6.45, 7) is 3.07. The van der Waals surface area contributed by atoms with Crippen molar-refractivity contribution in [1.82, 2.24) is 14.5 Å². The van der Waals surface area contributed by atoms with Gasteiger partial charge in [0.25, 0.3) is 0 Å². The molecule has 7 heteroatoms. The summed E-state index contributed by atoms with van der Waals surface area (Å²) in [6.07, 6.45) is 1.48. The molecule has 0 bridgehead atoms. The summed E-state index contributed by atoms with van der Waals surface area (Å²) in [7, 11) is 0. The summed E-state index contributed by atoms with van der Waals surface area (Å²) in [4.78, 5) is 11.0. The molecule has 0 saturated carbocycles. The fourth-order valence-corrected chi connectivity index (χ4v) is 3.75. The first kappa shape index (κ1) is 20.1. The Morgan fingerprint density at radius 2 is 1.73 bits per heavy atom. The lowest BCUT2D eigenvalue weighted by atomic mass is 10.1. The standard InChI is InChI=1S/C23H27N5O2/c1-2-28-22(30)20-21(24-16-27(20)14-18-11-7-4-8-12-18)26-23(28)25-19(15-29)13-17-9-5-3-6-10-17/h3-12,16,19,22,29-30H,2,13-15H2,1H3,(H,25,26). The number of imidazole rings is 1. The normalized spacial score (nSPS) is 18.2. The quantitative estimate of drug-likeness (QED) is 0.563. The molecule has 0 fully saturated rings. The highest BCUT2D eigenvalue weighted by Gasteiger charge is 2.33. The predicted octanol–water partition coefficient (Wildman–Crippen LogP) is 2.63. The van der Waals surface area contributed by atoms with Crippen LogP contribution in [0.5, 0.6) is 0 Å². The molecule has 2 heterocycles. The van der Waals surface area contributed by atoms with Crippen LogP contribution in [-0.4, -0.2) is 49.8 Å². The second kappa shape index (κ2) is 9.11. The zero-order valence-electron chi connectivity index (χ0n) is 17.0. The number of nitrogens with one attached hydrogen (secondary N) is 1. The number of hydrogen-bond acceptors (Lipinski definition) is 4. The summed E-state index contributed by atoms with van der Waals surface area (Å²) >= 11 is 0. The summed E-state index contributed by atoms with van der Waals surface area (Å²) in [5.41, 5.74) is 2.95. The molecule has 0 saturated heterocycles. The van der Waals surface area contributed by atoms with E-state index >= 15 is 0 Å². The second-order valence-corrected chi connectivity index (χ2v) is 7.36. The Hall–Kier alpha value is -3.16. The number of nitrogens with zero attached hydrogens (tertiary/aromatic N) is 4. The molecule has 1 aliphatic rings. The Kier molecular flexibility index (Phi) is 6.11. The number of aliphatic hydroxyl groups is 2. The molecule has 3 N–H and O–H groups in total. The van der Waals surface area contributed by atoms with Crippen molar-refractivity contribution in [2.45, 2.75) is 32.2 Å². The van der Waals surface area contributed by atoms with Gasteiger partial charge in [-0.25, -0.2) is 9.98 Å². The van der Waals surface area contributed by atoms with Crippen LogP contribution in [0.25, 0.3) is 0 Å². The summed E-state index contributed by atoms with van der Waals surface area (Å²) in [6, 6.07) is 19.7. The number of benzene rings is 2. The molecule has 1 aromatic heterocycles. The number of hydrogen-bond donors (Lipinski definition) is 3. The van der Waals surface area contributed by atoms with E-state index in [-0.39, 0.29) is 12.6 Å². The van der Waals surface area contributed by atoms with Crippen LogP contribution in [0.3, 0.4) is 0 Å². The number of fused-ring (bicyclic) bond motifs is 1. The first-order valence-corrected chi connectivity index (χ1v) is 10.2. The van der Waals surface area contributed by atoms with Gasteiger partial charge in [0.2, 0.25) is 5.96 Å². The monoisotopic (exact) mass is 405 g/mol. The second-order valence-electron chi connectivity index (χ2n) is 7.36. The lowest BCUT2D eigenvalue weighted by Crippen LogP contribution is -2.45. The van der Waals surface area contributed by atoms with Gasteiger partial charge in [-0.05, 0) is 24.5 Å². The molecule has 2 unspecified atom stereocenters. The van der Waals surface area contributed by atoms with Crippen molar-refractivity contribution >= 4 is 11.8 Å². The van der Waals surface area contributed by atoms with Gasteiger partial charge in [-0.1, -0.05) is 60.7 Å². The molecule has 1 aliphatic heterocycles. The number of aliphatic imine (C=N–C) groups is 1. The van der Waals surface area contributed by atoms with Crippen LogP contribution in [0, 0.1) is 0 Å². The maximum absolute atomic E-state index is 11.1. The van der Waals surface area contributed by atoms with E-state index in [2.05, 4.69) is 22.4 Å². The molecular formula is C23H27N5O2. The van der Waals surface area contributed by atoms with Gasteiger partial charge in [0, 0.05) is 13.1 Å². The maximum atomic E-state index is 11.1. The average molecular weight is 406 g/mol. The Bertz CT molecular complexity index is 987. The van der Waals surface area contributed by atoms with E-state index in [0.717, 1.165) is 11.1 Å². The smallest absolute Gasteiger partial charge is 0.202 e. The predicted molar refractivity (Wildman–Crippen MR) is 117 cm³/mol. The molecule has 30 heavy (non-hydrogen) atoms. The molecule has 3 aromatic rings. The van der Waals surface area contributed by atoms with Crippen LogP contribution in [0.4, 0.5) is 5.82 Å². The molecule has 7 nitrogen and oxygen atoms in total. The molecule has 156 valence electrons. The summed E-state index contributed by atoms with van der Waals surface area (Å²) in [5, 5.41) is 24.2. The molecule has 0 amide bonds. The number of aromatic nitrogens is 2. The minimum Gasteiger partial charge on any atom is -0.394 e. The Morgan fingerprint density at radius 3 is 2.37 bits per heavy atom. The lowest BCUT2D eigenvalue weighted by Gasteiger charge is -2.35. The van der Waals surface area contributed by atoms with E-state index in [1.807, 2.05) is 60.0 Å². The van der Waals surface area contributed by atoms with Crippen molar-refractivity contribution in [3.8, 4) is 0 Å². The third-order valence-electron chi connectivity index (χ3n) is 5.29. The Morgan fingerprint density at radius 1 is 1.07 bits per heavy atom. The van der Waals surface area contributed by atoms with Crippen LogP contribution in [-0.2, 0) is 13.0 Å². The van der Waals surface area contributed by atoms with Crippen molar-refractivity contribution in [2.24, 2.45) is 4.99 Å². The van der Waals surface area contributed by atoms with Gasteiger partial charge < -0.3 is 25.0 Å². The third kappa shape index (κ3) is 4.22. The van der Waals surface area contributed by atoms with Crippen LogP contribution in [0.2, 0.25) is 0 Å². The van der Waals surface area contributed by atoms with Crippen molar-refractivity contribution in [2.75, 3.05) is 18.5 Å². The highest BCUT2D eigenvalue weighted by molar-refractivity contribution is 5.95. The van der Waals surface area contributed by atoms with Crippen LogP contribution >= 0.6 is 0 Å². The third-order valence-corrected chi connectivity index (χ3v) is 5.29. The van der Waals surface area contributed by atoms with Crippen molar-refractivity contribution in [1.29, 1.82) is 0 Å². The maximum Gasteiger partial charge on any atom is 0.202 e. The Balaban J connectivity index is 1.59. The molecular weight excluding hydrogens is 378 g/mol. The van der Waals surface area contributed by atoms with E-state index in [1.165, 1.54) is 0 Å². The van der Waals surface area contributed by atoms with E-state index in [4.69, 9.17) is 4.99 Å². The first-order valence-electron chi connectivity index (χ1n) is 10.2. The van der Waals surface area contributed by atoms with Crippen LogP contribution < -0.4 is 5.32 Å². The minimum absolute atomic E-state index is 0.0803. The van der Waals surface area contributed by atoms with Gasteiger partial charge in [-0.3, -0.25) is 0 Å². The molecule has 0 aliphatic carbocycles. The van der Waals surface area contributed by atoms with Gasteiger partial charge in [0.15, 0.2) is 12.0 Å². The summed E-state index contributed by atoms with van der Waals surface area (Å²) in [5.74, 6) is 1.12. The molecule has 0 spiro atoms. The lowest BCUT2D eigenvalue weighted by molar-refractivity contribution is 0.0461. The van der Waals surface area contributed by atoms with E-state index in [1.54, 1.807) is 11.2 Å². The molecule has 2 aromatic carbocycles. The topological polar surface area (TPSA) is 85.9 Å². The average Bonchev–Trinajstić information content (AvgIpc) is 3.17. The zero-order valence-corrected chi connectivity index (χ0v) is 17.0. The fourth-order valence-electron chi connectivity index (χ4n) is 3.75. The van der Waals surface area contributed by atoms with Crippen molar-refractivity contribution in [3.05, 3.63) is 83.8 Å². The molecule has 0 radical (unpaired) electrons. The number of guanidine groups is 1. The van der Waals surface area contributed by atoms with Crippen molar-refractivity contribution < 1.29 is 10.2 Å². The van der Waals surface area contributed by atoms with Crippen molar-refractivity contribution in [3.63, 3.8) is 0 Å². The highest BCUT2D eigenvalue weighted by atomic mass is 16.3. The van der Waals surface area contributed by atoms with Gasteiger partial charge in [-0.2, -0.15) is 0 Å². The fraction of sp³-hybridized carbons (Fsp3) is 0.304. The number of rotatable bonds is 7. The van der Waals surface area contributed by atoms with E-state index in [0.29, 0.717) is 37.0 Å². The Labute approximate surface area is 176 Å². The highest BCUT2D eigenvalue weighted by Crippen LogP contribution is 2.31. The van der Waals surface area contributed by atoms with Crippen LogP contribution in [0.15, 0.2) is 72.0 Å². The van der Waals surface area contributed by atoms with E-state index in [9.17, 15) is 10.2 Å².